The van der Waals surface area contributed by atoms with Crippen molar-refractivity contribution >= 4 is 15.9 Å². The molecule has 0 bridgehead atoms. The molecular formula is C14H19BrFNO. The third-order valence-electron chi connectivity index (χ3n) is 3.28. The van der Waals surface area contributed by atoms with Crippen LogP contribution in [0.2, 0.25) is 0 Å². The lowest BCUT2D eigenvalue weighted by atomic mass is 10.0. The number of hydrogen-bond donors (Lipinski definition) is 1. The second-order valence-electron chi connectivity index (χ2n) is 4.74. The van der Waals surface area contributed by atoms with Crippen LogP contribution in [0.4, 0.5) is 4.39 Å². The van der Waals surface area contributed by atoms with Crippen LogP contribution in [0.3, 0.4) is 0 Å². The normalized spacial score (nSPS) is 20.0. The number of halogens is 2. The topological polar surface area (TPSA) is 21.3 Å². The first-order chi connectivity index (χ1) is 8.75. The lowest BCUT2D eigenvalue weighted by molar-refractivity contribution is 0.108. The first kappa shape index (κ1) is 14.0. The molecule has 18 heavy (non-hydrogen) atoms. The number of rotatable bonds is 5. The third kappa shape index (κ3) is 4.34. The van der Waals surface area contributed by atoms with Gasteiger partial charge in [-0.3, -0.25) is 0 Å². The zero-order valence-electron chi connectivity index (χ0n) is 10.4. The van der Waals surface area contributed by atoms with Crippen LogP contribution in [0, 0.1) is 5.82 Å². The van der Waals surface area contributed by atoms with Gasteiger partial charge >= 0.3 is 0 Å². The number of hydrogen-bond acceptors (Lipinski definition) is 2. The van der Waals surface area contributed by atoms with Crippen molar-refractivity contribution in [2.45, 2.75) is 38.3 Å². The minimum absolute atomic E-state index is 0.231. The summed E-state index contributed by atoms with van der Waals surface area (Å²) in [6.07, 6.45) is 4.93. The highest BCUT2D eigenvalue weighted by Crippen LogP contribution is 2.17. The van der Waals surface area contributed by atoms with Crippen molar-refractivity contribution in [3.05, 3.63) is 34.1 Å². The van der Waals surface area contributed by atoms with E-state index in [0.717, 1.165) is 25.1 Å². The van der Waals surface area contributed by atoms with Gasteiger partial charge in [-0.25, -0.2) is 4.39 Å². The Labute approximate surface area is 116 Å². The van der Waals surface area contributed by atoms with Crippen LogP contribution < -0.4 is 5.32 Å². The Bertz CT molecular complexity index is 380. The zero-order chi connectivity index (χ0) is 12.8. The molecule has 0 saturated carbocycles. The van der Waals surface area contributed by atoms with Crippen molar-refractivity contribution in [2.75, 3.05) is 13.2 Å². The van der Waals surface area contributed by atoms with E-state index in [1.807, 2.05) is 0 Å². The van der Waals surface area contributed by atoms with E-state index in [4.69, 9.17) is 4.74 Å². The van der Waals surface area contributed by atoms with Gasteiger partial charge < -0.3 is 10.1 Å². The van der Waals surface area contributed by atoms with E-state index in [1.54, 1.807) is 12.1 Å². The Hall–Kier alpha value is -0.450. The Morgan fingerprint density at radius 3 is 3.00 bits per heavy atom. The van der Waals surface area contributed by atoms with Crippen LogP contribution in [0.1, 0.15) is 31.2 Å². The van der Waals surface area contributed by atoms with E-state index in [-0.39, 0.29) is 5.82 Å². The summed E-state index contributed by atoms with van der Waals surface area (Å²) in [6.45, 7) is 2.44. The highest BCUT2D eigenvalue weighted by atomic mass is 79.9. The fourth-order valence-electron chi connectivity index (χ4n) is 2.22. The molecule has 1 aromatic rings. The van der Waals surface area contributed by atoms with Gasteiger partial charge in [-0.2, -0.15) is 0 Å². The molecule has 1 aliphatic heterocycles. The fraction of sp³-hybridized carbons (Fsp3) is 0.571. The predicted octanol–water partition coefficient (Wildman–Crippen LogP) is 3.64. The molecule has 1 N–H and O–H groups in total. The van der Waals surface area contributed by atoms with Gasteiger partial charge in [0.15, 0.2) is 0 Å². The van der Waals surface area contributed by atoms with Crippen molar-refractivity contribution < 1.29 is 9.13 Å². The van der Waals surface area contributed by atoms with Crippen molar-refractivity contribution in [3.63, 3.8) is 0 Å². The summed E-state index contributed by atoms with van der Waals surface area (Å²) in [5.41, 5.74) is 1.000. The van der Waals surface area contributed by atoms with E-state index in [0.29, 0.717) is 17.1 Å². The standard InChI is InChI=1S/C14H19BrFNO/c15-13-9-11(4-5-14(13)16)10-18-8-6-12-3-1-2-7-17-12/h4-5,9,12,17H,1-3,6-8,10H2. The van der Waals surface area contributed by atoms with Crippen molar-refractivity contribution in [3.8, 4) is 0 Å². The monoisotopic (exact) mass is 315 g/mol. The van der Waals surface area contributed by atoms with Gasteiger partial charge in [-0.15, -0.1) is 0 Å². The van der Waals surface area contributed by atoms with Crippen LogP contribution in [0.25, 0.3) is 0 Å². The predicted molar refractivity (Wildman–Crippen MR) is 74.0 cm³/mol. The molecule has 1 unspecified atom stereocenters. The number of piperidine rings is 1. The van der Waals surface area contributed by atoms with Crippen LogP contribution in [-0.4, -0.2) is 19.2 Å². The first-order valence-corrected chi connectivity index (χ1v) is 7.30. The second-order valence-corrected chi connectivity index (χ2v) is 5.59. The molecule has 0 radical (unpaired) electrons. The maximum atomic E-state index is 13.0. The van der Waals surface area contributed by atoms with E-state index in [1.165, 1.54) is 25.3 Å². The molecule has 0 aromatic heterocycles. The SMILES string of the molecule is Fc1ccc(COCCC2CCCCN2)cc1Br. The Morgan fingerprint density at radius 2 is 2.28 bits per heavy atom. The molecule has 2 nitrogen and oxygen atoms in total. The maximum Gasteiger partial charge on any atom is 0.137 e. The van der Waals surface area contributed by atoms with Gasteiger partial charge in [0.2, 0.25) is 0 Å². The summed E-state index contributed by atoms with van der Waals surface area (Å²) >= 11 is 3.18. The fourth-order valence-corrected chi connectivity index (χ4v) is 2.64. The average molecular weight is 316 g/mol. The Morgan fingerprint density at radius 1 is 1.39 bits per heavy atom. The molecule has 2 rings (SSSR count). The smallest absolute Gasteiger partial charge is 0.137 e. The largest absolute Gasteiger partial charge is 0.377 e. The average Bonchev–Trinajstić information content (AvgIpc) is 2.40. The molecule has 0 spiro atoms. The first-order valence-electron chi connectivity index (χ1n) is 6.51. The molecule has 0 aliphatic carbocycles. The number of ether oxygens (including phenoxy) is 1. The van der Waals surface area contributed by atoms with Crippen molar-refractivity contribution in [1.29, 1.82) is 0 Å². The van der Waals surface area contributed by atoms with Gasteiger partial charge in [-0.1, -0.05) is 12.5 Å². The third-order valence-corrected chi connectivity index (χ3v) is 3.88. The highest BCUT2D eigenvalue weighted by molar-refractivity contribution is 9.10. The van der Waals surface area contributed by atoms with Crippen LogP contribution in [0.15, 0.2) is 22.7 Å². The molecule has 1 atom stereocenters. The maximum absolute atomic E-state index is 13.0. The molecule has 1 saturated heterocycles. The highest BCUT2D eigenvalue weighted by Gasteiger charge is 2.11. The summed E-state index contributed by atoms with van der Waals surface area (Å²) in [6, 6.07) is 5.61. The Balaban J connectivity index is 1.66. The molecule has 1 heterocycles. The number of benzene rings is 1. The van der Waals surface area contributed by atoms with Gasteiger partial charge in [0.25, 0.3) is 0 Å². The molecule has 1 aromatic carbocycles. The second kappa shape index (κ2) is 7.22. The van der Waals surface area contributed by atoms with E-state index < -0.39 is 0 Å². The molecule has 1 fully saturated rings. The van der Waals surface area contributed by atoms with Crippen molar-refractivity contribution in [2.24, 2.45) is 0 Å². The van der Waals surface area contributed by atoms with Crippen LogP contribution in [0.5, 0.6) is 0 Å². The van der Waals surface area contributed by atoms with Crippen LogP contribution in [-0.2, 0) is 11.3 Å². The molecule has 4 heteroatoms. The molecule has 100 valence electrons. The minimum Gasteiger partial charge on any atom is -0.377 e. The lowest BCUT2D eigenvalue weighted by Gasteiger charge is -2.23. The summed E-state index contributed by atoms with van der Waals surface area (Å²) in [7, 11) is 0. The molecular weight excluding hydrogens is 297 g/mol. The van der Waals surface area contributed by atoms with Gasteiger partial charge in [0, 0.05) is 12.6 Å². The van der Waals surface area contributed by atoms with Crippen molar-refractivity contribution in [1.82, 2.24) is 5.32 Å². The zero-order valence-corrected chi connectivity index (χ0v) is 12.0. The summed E-state index contributed by atoms with van der Waals surface area (Å²) in [5, 5.41) is 3.50. The summed E-state index contributed by atoms with van der Waals surface area (Å²) < 4.78 is 19.2. The quantitative estimate of drug-likeness (QED) is 0.838. The number of nitrogens with one attached hydrogen (secondary N) is 1. The summed E-state index contributed by atoms with van der Waals surface area (Å²) in [4.78, 5) is 0. The van der Waals surface area contributed by atoms with Gasteiger partial charge in [-0.05, 0) is 59.4 Å². The van der Waals surface area contributed by atoms with E-state index in [2.05, 4.69) is 21.2 Å². The van der Waals surface area contributed by atoms with E-state index in [9.17, 15) is 4.39 Å². The Kier molecular flexibility index (Phi) is 5.60. The minimum atomic E-state index is -0.231. The van der Waals surface area contributed by atoms with Gasteiger partial charge in [0.05, 0.1) is 11.1 Å². The molecule has 0 amide bonds. The van der Waals surface area contributed by atoms with E-state index >= 15 is 0 Å². The summed E-state index contributed by atoms with van der Waals surface area (Å²) in [5.74, 6) is -0.231. The van der Waals surface area contributed by atoms with Crippen LogP contribution >= 0.6 is 15.9 Å². The molecule has 1 aliphatic rings. The lowest BCUT2D eigenvalue weighted by Crippen LogP contribution is -2.34. The van der Waals surface area contributed by atoms with Gasteiger partial charge in [0.1, 0.15) is 5.82 Å².